The highest BCUT2D eigenvalue weighted by molar-refractivity contribution is 6.07. The van der Waals surface area contributed by atoms with Crippen molar-refractivity contribution < 1.29 is 33.3 Å². The molecule has 0 aromatic heterocycles. The fraction of sp³-hybridized carbons (Fsp3) is 0.483. The zero-order chi connectivity index (χ0) is 26.0. The lowest BCUT2D eigenvalue weighted by Gasteiger charge is -2.10. The van der Waals surface area contributed by atoms with E-state index in [-0.39, 0.29) is 24.5 Å². The van der Waals surface area contributed by atoms with Crippen molar-refractivity contribution in [1.82, 2.24) is 0 Å². The molecule has 0 radical (unpaired) electrons. The third kappa shape index (κ3) is 11.5. The molecule has 0 amide bonds. The number of benzene rings is 2. The van der Waals surface area contributed by atoms with Crippen LogP contribution in [-0.2, 0) is 25.7 Å². The molecule has 2 aromatic rings. The van der Waals surface area contributed by atoms with Gasteiger partial charge < -0.3 is 18.9 Å². The van der Waals surface area contributed by atoms with Crippen molar-refractivity contribution in [1.29, 1.82) is 0 Å². The largest absolute Gasteiger partial charge is 0.494 e. The SMILES string of the molecule is CCCCCCCCCCOc1cccc(COCC(=O)Oc2ccccc2C(=O)CC(=O)OC)c1. The smallest absolute Gasteiger partial charge is 0.337 e. The lowest BCUT2D eigenvalue weighted by atomic mass is 10.1. The molecule has 0 saturated carbocycles. The van der Waals surface area contributed by atoms with Crippen LogP contribution < -0.4 is 9.47 Å². The number of rotatable bonds is 18. The second-order valence-corrected chi connectivity index (χ2v) is 8.61. The third-order valence-electron chi connectivity index (χ3n) is 5.60. The molecule has 36 heavy (non-hydrogen) atoms. The number of carbonyl (C=O) groups is 3. The summed E-state index contributed by atoms with van der Waals surface area (Å²) in [6.07, 6.45) is 9.59. The number of ketones is 1. The van der Waals surface area contributed by atoms with Crippen molar-refractivity contribution in [2.75, 3.05) is 20.3 Å². The molecule has 0 unspecified atom stereocenters. The second-order valence-electron chi connectivity index (χ2n) is 8.61. The fourth-order valence-electron chi connectivity index (χ4n) is 3.64. The molecule has 196 valence electrons. The first kappa shape index (κ1) is 29.0. The lowest BCUT2D eigenvalue weighted by molar-refractivity contribution is -0.140. The number of methoxy groups -OCH3 is 1. The summed E-state index contributed by atoms with van der Waals surface area (Å²) in [4.78, 5) is 35.9. The Bertz CT molecular complexity index is 954. The van der Waals surface area contributed by atoms with Crippen LogP contribution in [0.1, 0.15) is 80.6 Å². The van der Waals surface area contributed by atoms with E-state index in [1.165, 1.54) is 64.2 Å². The first-order valence-corrected chi connectivity index (χ1v) is 12.7. The summed E-state index contributed by atoms with van der Waals surface area (Å²) in [5, 5.41) is 0. The van der Waals surface area contributed by atoms with Crippen LogP contribution in [0.5, 0.6) is 11.5 Å². The molecule has 7 heteroatoms. The summed E-state index contributed by atoms with van der Waals surface area (Å²) in [5.74, 6) is -0.935. The average Bonchev–Trinajstić information content (AvgIpc) is 2.88. The zero-order valence-electron chi connectivity index (χ0n) is 21.5. The van der Waals surface area contributed by atoms with Crippen molar-refractivity contribution in [2.24, 2.45) is 0 Å². The third-order valence-corrected chi connectivity index (χ3v) is 5.60. The van der Waals surface area contributed by atoms with Crippen LogP contribution in [0.25, 0.3) is 0 Å². The molecule has 0 aliphatic rings. The standard InChI is InChI=1S/C29H38O7/c1-3-4-5-6-7-8-9-12-18-35-24-15-13-14-23(19-24)21-34-22-29(32)36-27-17-11-10-16-25(27)26(30)20-28(31)33-2/h10-11,13-17,19H,3-9,12,18,20-22H2,1-2H3. The number of hydrogen-bond acceptors (Lipinski definition) is 7. The van der Waals surface area contributed by atoms with Gasteiger partial charge in [0.25, 0.3) is 0 Å². The summed E-state index contributed by atoms with van der Waals surface area (Å²) < 4.78 is 21.2. The van der Waals surface area contributed by atoms with Gasteiger partial charge in [-0.3, -0.25) is 9.59 Å². The quantitative estimate of drug-likeness (QED) is 0.0810. The van der Waals surface area contributed by atoms with Crippen LogP contribution in [0.15, 0.2) is 48.5 Å². The predicted molar refractivity (Wildman–Crippen MR) is 137 cm³/mol. The Balaban J connectivity index is 1.70. The van der Waals surface area contributed by atoms with Crippen molar-refractivity contribution >= 4 is 17.7 Å². The molecular formula is C29H38O7. The second kappa shape index (κ2) is 17.3. The Labute approximate surface area is 214 Å². The predicted octanol–water partition coefficient (Wildman–Crippen LogP) is 6.07. The van der Waals surface area contributed by atoms with Gasteiger partial charge in [-0.25, -0.2) is 4.79 Å². The molecule has 0 saturated heterocycles. The Morgan fingerprint density at radius 3 is 2.28 bits per heavy atom. The van der Waals surface area contributed by atoms with Crippen LogP contribution >= 0.6 is 0 Å². The molecular weight excluding hydrogens is 460 g/mol. The van der Waals surface area contributed by atoms with E-state index in [0.29, 0.717) is 6.61 Å². The van der Waals surface area contributed by atoms with Crippen molar-refractivity contribution in [3.8, 4) is 11.5 Å². The molecule has 0 aliphatic carbocycles. The highest BCUT2D eigenvalue weighted by Crippen LogP contribution is 2.20. The topological polar surface area (TPSA) is 88.1 Å². The molecule has 0 aliphatic heterocycles. The van der Waals surface area contributed by atoms with Gasteiger partial charge in [0.1, 0.15) is 24.5 Å². The normalized spacial score (nSPS) is 10.6. The maximum Gasteiger partial charge on any atom is 0.337 e. The molecule has 0 heterocycles. The summed E-state index contributed by atoms with van der Waals surface area (Å²) >= 11 is 0. The minimum Gasteiger partial charge on any atom is -0.494 e. The van der Waals surface area contributed by atoms with E-state index in [2.05, 4.69) is 11.7 Å². The molecule has 0 fully saturated rings. The van der Waals surface area contributed by atoms with Gasteiger partial charge in [-0.15, -0.1) is 0 Å². The first-order chi connectivity index (χ1) is 17.5. The number of unbranched alkanes of at least 4 members (excludes halogenated alkanes) is 7. The Kier molecular flexibility index (Phi) is 13.9. The average molecular weight is 499 g/mol. The van der Waals surface area contributed by atoms with Gasteiger partial charge in [-0.05, 0) is 36.2 Å². The monoisotopic (exact) mass is 498 g/mol. The maximum absolute atomic E-state index is 12.3. The van der Waals surface area contributed by atoms with Gasteiger partial charge in [0, 0.05) is 0 Å². The molecule has 0 atom stereocenters. The molecule has 0 spiro atoms. The number of esters is 2. The number of ether oxygens (including phenoxy) is 4. The highest BCUT2D eigenvalue weighted by Gasteiger charge is 2.18. The number of para-hydroxylation sites is 1. The van der Waals surface area contributed by atoms with E-state index in [4.69, 9.17) is 14.2 Å². The Morgan fingerprint density at radius 1 is 0.806 bits per heavy atom. The molecule has 7 nitrogen and oxygen atoms in total. The van der Waals surface area contributed by atoms with Crippen LogP contribution in [0.2, 0.25) is 0 Å². The first-order valence-electron chi connectivity index (χ1n) is 12.7. The number of Topliss-reactive ketones (excluding diaryl/α,β-unsaturated/α-hetero) is 1. The molecule has 0 N–H and O–H groups in total. The molecule has 0 bridgehead atoms. The van der Waals surface area contributed by atoms with Crippen LogP contribution in [-0.4, -0.2) is 38.0 Å². The van der Waals surface area contributed by atoms with Gasteiger partial charge in [-0.2, -0.15) is 0 Å². The zero-order valence-corrected chi connectivity index (χ0v) is 21.5. The van der Waals surface area contributed by atoms with Gasteiger partial charge in [-0.1, -0.05) is 76.1 Å². The summed E-state index contributed by atoms with van der Waals surface area (Å²) in [6.45, 7) is 2.84. The van der Waals surface area contributed by atoms with Crippen LogP contribution in [0.4, 0.5) is 0 Å². The number of hydrogen-bond donors (Lipinski definition) is 0. The van der Waals surface area contributed by atoms with Crippen molar-refractivity contribution in [2.45, 2.75) is 71.3 Å². The van der Waals surface area contributed by atoms with E-state index in [0.717, 1.165) is 17.7 Å². The van der Waals surface area contributed by atoms with E-state index in [1.807, 2.05) is 24.3 Å². The fourth-order valence-corrected chi connectivity index (χ4v) is 3.64. The van der Waals surface area contributed by atoms with Gasteiger partial charge in [0.15, 0.2) is 5.78 Å². The van der Waals surface area contributed by atoms with Crippen LogP contribution in [0, 0.1) is 0 Å². The van der Waals surface area contributed by atoms with E-state index in [1.54, 1.807) is 12.1 Å². The minimum atomic E-state index is -0.659. The number of carbonyl (C=O) groups excluding carboxylic acids is 3. The summed E-state index contributed by atoms with van der Waals surface area (Å²) in [6, 6.07) is 13.9. The minimum absolute atomic E-state index is 0.0800. The maximum atomic E-state index is 12.3. The van der Waals surface area contributed by atoms with E-state index in [9.17, 15) is 14.4 Å². The highest BCUT2D eigenvalue weighted by atomic mass is 16.6. The van der Waals surface area contributed by atoms with Gasteiger partial charge in [0.2, 0.25) is 0 Å². The van der Waals surface area contributed by atoms with E-state index < -0.39 is 24.1 Å². The Morgan fingerprint density at radius 2 is 1.53 bits per heavy atom. The molecule has 2 rings (SSSR count). The van der Waals surface area contributed by atoms with Gasteiger partial charge in [0.05, 0.1) is 25.9 Å². The van der Waals surface area contributed by atoms with Crippen molar-refractivity contribution in [3.05, 3.63) is 59.7 Å². The van der Waals surface area contributed by atoms with Crippen molar-refractivity contribution in [3.63, 3.8) is 0 Å². The summed E-state index contributed by atoms with van der Waals surface area (Å²) in [5.41, 5.74) is 1.02. The van der Waals surface area contributed by atoms with E-state index >= 15 is 0 Å². The lowest BCUT2D eigenvalue weighted by Crippen LogP contribution is -2.18. The van der Waals surface area contributed by atoms with Crippen LogP contribution in [0.3, 0.4) is 0 Å². The Hall–Kier alpha value is -3.19. The molecule has 2 aromatic carbocycles. The van der Waals surface area contributed by atoms with Gasteiger partial charge >= 0.3 is 11.9 Å². The summed E-state index contributed by atoms with van der Waals surface area (Å²) in [7, 11) is 1.21.